The maximum Gasteiger partial charge on any atom is 0.306 e. The first kappa shape index (κ1) is 21.8. The van der Waals surface area contributed by atoms with Crippen molar-refractivity contribution in [1.82, 2.24) is 9.29 Å². The number of rotatable bonds is 8. The molecule has 3 aromatic rings. The van der Waals surface area contributed by atoms with E-state index in [2.05, 4.69) is 4.98 Å². The lowest BCUT2D eigenvalue weighted by molar-refractivity contribution is -0.145. The van der Waals surface area contributed by atoms with Crippen LogP contribution in [-0.2, 0) is 26.2 Å². The highest BCUT2D eigenvalue weighted by molar-refractivity contribution is 7.89. The second-order valence-corrected chi connectivity index (χ2v) is 8.70. The Balaban J connectivity index is 1.52. The summed E-state index contributed by atoms with van der Waals surface area (Å²) in [5.74, 6) is -1.43. The minimum absolute atomic E-state index is 0.00976. The molecule has 0 spiro atoms. The van der Waals surface area contributed by atoms with Crippen molar-refractivity contribution in [2.24, 2.45) is 0 Å². The number of pyridine rings is 1. The predicted molar refractivity (Wildman–Crippen MR) is 107 cm³/mol. The van der Waals surface area contributed by atoms with Crippen molar-refractivity contribution in [2.45, 2.75) is 24.3 Å². The van der Waals surface area contributed by atoms with Crippen LogP contribution in [0, 0.1) is 11.6 Å². The van der Waals surface area contributed by atoms with Gasteiger partial charge in [-0.05, 0) is 48.9 Å². The largest absolute Gasteiger partial charge is 0.461 e. The summed E-state index contributed by atoms with van der Waals surface area (Å²) in [7, 11) is -2.38. The Labute approximate surface area is 173 Å². The molecule has 0 aliphatic rings. The lowest BCUT2D eigenvalue weighted by atomic mass is 10.1. The average Bonchev–Trinajstić information content (AvgIpc) is 2.73. The molecule has 0 aliphatic carbocycles. The van der Waals surface area contributed by atoms with Crippen LogP contribution in [0.25, 0.3) is 10.9 Å². The number of hydrogen-bond donors (Lipinski definition) is 0. The molecular formula is C21H20F2N2O4S. The predicted octanol–water partition coefficient (Wildman–Crippen LogP) is 3.66. The van der Waals surface area contributed by atoms with E-state index < -0.39 is 27.6 Å². The lowest BCUT2D eigenvalue weighted by Gasteiger charge is -2.17. The molecule has 1 aromatic heterocycles. The van der Waals surface area contributed by atoms with Gasteiger partial charge in [0, 0.05) is 37.2 Å². The van der Waals surface area contributed by atoms with Gasteiger partial charge in [-0.2, -0.15) is 0 Å². The summed E-state index contributed by atoms with van der Waals surface area (Å²) in [6, 6.07) is 10.6. The third-order valence-corrected chi connectivity index (χ3v) is 6.44. The molecule has 158 valence electrons. The third kappa shape index (κ3) is 4.98. The highest BCUT2D eigenvalue weighted by atomic mass is 32.2. The van der Waals surface area contributed by atoms with E-state index in [-0.39, 0.29) is 30.9 Å². The molecular weight excluding hydrogens is 414 g/mol. The van der Waals surface area contributed by atoms with Crippen LogP contribution >= 0.6 is 0 Å². The average molecular weight is 434 g/mol. The summed E-state index contributed by atoms with van der Waals surface area (Å²) in [4.78, 5) is 16.1. The number of halogens is 2. The Hall–Kier alpha value is -2.91. The minimum Gasteiger partial charge on any atom is -0.461 e. The van der Waals surface area contributed by atoms with Crippen LogP contribution < -0.4 is 0 Å². The molecule has 2 aromatic carbocycles. The topological polar surface area (TPSA) is 76.6 Å². The van der Waals surface area contributed by atoms with E-state index in [1.165, 1.54) is 37.5 Å². The Bertz CT molecular complexity index is 1150. The molecule has 9 heteroatoms. The first-order chi connectivity index (χ1) is 14.3. The maximum absolute atomic E-state index is 13.8. The normalized spacial score (nSPS) is 11.7. The van der Waals surface area contributed by atoms with Crippen molar-refractivity contribution in [1.29, 1.82) is 0 Å². The van der Waals surface area contributed by atoms with Crippen LogP contribution in [0.15, 0.2) is 59.6 Å². The minimum atomic E-state index is -3.77. The van der Waals surface area contributed by atoms with Crippen molar-refractivity contribution in [3.05, 3.63) is 71.9 Å². The molecule has 0 fully saturated rings. The van der Waals surface area contributed by atoms with Gasteiger partial charge < -0.3 is 4.74 Å². The SMILES string of the molecule is CN(CCCC(=O)OCc1ccc(F)c2cccnc12)S(=O)(=O)c1ccc(F)cc1. The molecule has 1 heterocycles. The van der Waals surface area contributed by atoms with Crippen molar-refractivity contribution >= 4 is 26.9 Å². The van der Waals surface area contributed by atoms with Gasteiger partial charge in [0.15, 0.2) is 0 Å². The van der Waals surface area contributed by atoms with Crippen LogP contribution in [0.5, 0.6) is 0 Å². The smallest absolute Gasteiger partial charge is 0.306 e. The highest BCUT2D eigenvalue weighted by Gasteiger charge is 2.20. The van der Waals surface area contributed by atoms with Gasteiger partial charge in [-0.25, -0.2) is 21.5 Å². The van der Waals surface area contributed by atoms with Crippen LogP contribution in [0.2, 0.25) is 0 Å². The molecule has 0 N–H and O–H groups in total. The van der Waals surface area contributed by atoms with Gasteiger partial charge in [0.1, 0.15) is 18.2 Å². The molecule has 0 aliphatic heterocycles. The fourth-order valence-corrected chi connectivity index (χ4v) is 4.11. The zero-order valence-corrected chi connectivity index (χ0v) is 17.0. The number of carbonyl (C=O) groups is 1. The molecule has 0 amide bonds. The second-order valence-electron chi connectivity index (χ2n) is 6.65. The van der Waals surface area contributed by atoms with Crippen LogP contribution in [0.4, 0.5) is 8.78 Å². The van der Waals surface area contributed by atoms with Gasteiger partial charge in [0.2, 0.25) is 10.0 Å². The highest BCUT2D eigenvalue weighted by Crippen LogP contribution is 2.20. The van der Waals surface area contributed by atoms with Crippen molar-refractivity contribution in [3.8, 4) is 0 Å². The summed E-state index contributed by atoms with van der Waals surface area (Å²) >= 11 is 0. The van der Waals surface area contributed by atoms with E-state index in [4.69, 9.17) is 4.74 Å². The number of ether oxygens (including phenoxy) is 1. The van der Waals surface area contributed by atoms with E-state index in [1.54, 1.807) is 12.1 Å². The molecule has 0 atom stereocenters. The van der Waals surface area contributed by atoms with Crippen molar-refractivity contribution in [3.63, 3.8) is 0 Å². The summed E-state index contributed by atoms with van der Waals surface area (Å²) in [6.45, 7) is 0.0339. The third-order valence-electron chi connectivity index (χ3n) is 4.56. The monoisotopic (exact) mass is 434 g/mol. The van der Waals surface area contributed by atoms with Gasteiger partial charge in [-0.15, -0.1) is 0 Å². The summed E-state index contributed by atoms with van der Waals surface area (Å²) in [6.07, 6.45) is 1.79. The fraction of sp³-hybridized carbons (Fsp3) is 0.238. The molecule has 0 saturated carbocycles. The number of carbonyl (C=O) groups excluding carboxylic acids is 1. The number of benzene rings is 2. The molecule has 0 radical (unpaired) electrons. The summed E-state index contributed by atoms with van der Waals surface area (Å²) in [5, 5.41) is 0.346. The van der Waals surface area contributed by atoms with Gasteiger partial charge in [-0.3, -0.25) is 9.78 Å². The Morgan fingerprint density at radius 3 is 2.57 bits per heavy atom. The number of nitrogens with zero attached hydrogens (tertiary/aromatic N) is 2. The number of esters is 1. The van der Waals surface area contributed by atoms with Gasteiger partial charge in [0.05, 0.1) is 10.4 Å². The molecule has 30 heavy (non-hydrogen) atoms. The van der Waals surface area contributed by atoms with Gasteiger partial charge in [0.25, 0.3) is 0 Å². The first-order valence-corrected chi connectivity index (χ1v) is 10.6. The summed E-state index contributed by atoms with van der Waals surface area (Å²) < 4.78 is 58.0. The van der Waals surface area contributed by atoms with E-state index in [1.807, 2.05) is 0 Å². The molecule has 3 rings (SSSR count). The molecule has 6 nitrogen and oxygen atoms in total. The summed E-state index contributed by atoms with van der Waals surface area (Å²) in [5.41, 5.74) is 1.01. The lowest BCUT2D eigenvalue weighted by Crippen LogP contribution is -2.28. The molecule has 0 unspecified atom stereocenters. The van der Waals surface area contributed by atoms with E-state index >= 15 is 0 Å². The zero-order valence-electron chi connectivity index (χ0n) is 16.2. The van der Waals surface area contributed by atoms with Crippen LogP contribution in [0.3, 0.4) is 0 Å². The van der Waals surface area contributed by atoms with Crippen LogP contribution in [0.1, 0.15) is 18.4 Å². The van der Waals surface area contributed by atoms with Gasteiger partial charge >= 0.3 is 5.97 Å². The number of aromatic nitrogens is 1. The Morgan fingerprint density at radius 1 is 1.10 bits per heavy atom. The van der Waals surface area contributed by atoms with E-state index in [0.717, 1.165) is 16.4 Å². The van der Waals surface area contributed by atoms with Crippen molar-refractivity contribution in [2.75, 3.05) is 13.6 Å². The Morgan fingerprint density at radius 2 is 1.83 bits per heavy atom. The molecule has 0 bridgehead atoms. The fourth-order valence-electron chi connectivity index (χ4n) is 2.90. The maximum atomic E-state index is 13.8. The van der Waals surface area contributed by atoms with Crippen LogP contribution in [-0.4, -0.2) is 37.3 Å². The second kappa shape index (κ2) is 9.27. The zero-order chi connectivity index (χ0) is 21.7. The quantitative estimate of drug-likeness (QED) is 0.506. The molecule has 0 saturated heterocycles. The van der Waals surface area contributed by atoms with E-state index in [9.17, 15) is 22.0 Å². The number of hydrogen-bond acceptors (Lipinski definition) is 5. The van der Waals surface area contributed by atoms with E-state index in [0.29, 0.717) is 16.5 Å². The standard InChI is InChI=1S/C21H20F2N2O4S/c1-25(30(27,28)17-9-7-16(22)8-10-17)13-3-5-20(26)29-14-15-6-11-19(23)18-4-2-12-24-21(15)18/h2,4,6-12H,3,5,13-14H2,1H3. The van der Waals surface area contributed by atoms with Gasteiger partial charge in [-0.1, -0.05) is 6.07 Å². The first-order valence-electron chi connectivity index (χ1n) is 9.18. The Kier molecular flexibility index (Phi) is 6.73. The number of fused-ring (bicyclic) bond motifs is 1. The van der Waals surface area contributed by atoms with Crippen molar-refractivity contribution < 1.29 is 26.7 Å². The number of sulfonamides is 1.